The van der Waals surface area contributed by atoms with Crippen LogP contribution in [0.25, 0.3) is 0 Å². The predicted octanol–water partition coefficient (Wildman–Crippen LogP) is 5.09. The molecular formula is C21H28FNOS. The van der Waals surface area contributed by atoms with Gasteiger partial charge in [0, 0.05) is 10.8 Å². The van der Waals surface area contributed by atoms with Gasteiger partial charge < -0.3 is 5.32 Å². The number of hydrogen-bond donors (Lipinski definition) is 1. The minimum Gasteiger partial charge on any atom is -0.350 e. The van der Waals surface area contributed by atoms with Crippen molar-refractivity contribution in [3.8, 4) is 0 Å². The zero-order valence-electron chi connectivity index (χ0n) is 15.1. The number of halogens is 1. The fourth-order valence-electron chi connectivity index (χ4n) is 5.81. The summed E-state index contributed by atoms with van der Waals surface area (Å²) in [5.74, 6) is 2.49. The highest BCUT2D eigenvalue weighted by Gasteiger charge is 2.51. The summed E-state index contributed by atoms with van der Waals surface area (Å²) in [5, 5.41) is 3.56. The molecule has 1 amide bonds. The van der Waals surface area contributed by atoms with E-state index in [0.29, 0.717) is 0 Å². The molecule has 4 heteroatoms. The van der Waals surface area contributed by atoms with Crippen molar-refractivity contribution in [2.45, 2.75) is 68.4 Å². The number of carbonyl (C=O) groups excluding carboxylic acids is 1. The summed E-state index contributed by atoms with van der Waals surface area (Å²) in [6.45, 7) is 4.09. The molecule has 0 radical (unpaired) electrons. The molecule has 1 aromatic rings. The van der Waals surface area contributed by atoms with E-state index in [1.807, 2.05) is 19.1 Å². The second-order valence-electron chi connectivity index (χ2n) is 8.66. The molecule has 0 aliphatic heterocycles. The van der Waals surface area contributed by atoms with Gasteiger partial charge in [0.1, 0.15) is 5.82 Å². The molecule has 0 spiro atoms. The fraction of sp³-hybridized carbons (Fsp3) is 0.667. The molecule has 4 bridgehead atoms. The van der Waals surface area contributed by atoms with Crippen LogP contribution in [0.2, 0.25) is 0 Å². The van der Waals surface area contributed by atoms with E-state index >= 15 is 0 Å². The Morgan fingerprint density at radius 2 is 1.60 bits per heavy atom. The first kappa shape index (κ1) is 17.4. The van der Waals surface area contributed by atoms with Crippen LogP contribution in [0.5, 0.6) is 0 Å². The molecule has 4 fully saturated rings. The number of rotatable bonds is 5. The molecule has 4 aliphatic rings. The molecular weight excluding hydrogens is 333 g/mol. The van der Waals surface area contributed by atoms with E-state index in [2.05, 4.69) is 12.2 Å². The van der Waals surface area contributed by atoms with Gasteiger partial charge in [0.2, 0.25) is 5.91 Å². The molecule has 4 aliphatic carbocycles. The number of thioether (sulfide) groups is 1. The number of amides is 1. The van der Waals surface area contributed by atoms with Crippen molar-refractivity contribution in [1.29, 1.82) is 0 Å². The highest BCUT2D eigenvalue weighted by molar-refractivity contribution is 8.00. The van der Waals surface area contributed by atoms with Crippen molar-refractivity contribution in [3.63, 3.8) is 0 Å². The first-order valence-electron chi connectivity index (χ1n) is 9.65. The average molecular weight is 362 g/mol. The molecule has 0 saturated heterocycles. The standard InChI is InChI=1S/C21H28FNOS/c1-13(18-3-5-19(22)6-4-18)25-14(2)20(24)23-21-10-15-7-16(11-21)9-17(8-15)12-21/h3-6,13-17H,7-12H2,1-2H3,(H,23,24). The summed E-state index contributed by atoms with van der Waals surface area (Å²) < 4.78 is 13.1. The largest absolute Gasteiger partial charge is 0.350 e. The number of carbonyl (C=O) groups is 1. The quantitative estimate of drug-likeness (QED) is 0.791. The molecule has 2 unspecified atom stereocenters. The normalized spacial score (nSPS) is 35.4. The van der Waals surface area contributed by atoms with Crippen molar-refractivity contribution in [2.24, 2.45) is 17.8 Å². The molecule has 0 heterocycles. The Morgan fingerprint density at radius 1 is 1.08 bits per heavy atom. The third kappa shape index (κ3) is 3.60. The lowest BCUT2D eigenvalue weighted by molar-refractivity contribution is -0.126. The van der Waals surface area contributed by atoms with Crippen molar-refractivity contribution < 1.29 is 9.18 Å². The van der Waals surface area contributed by atoms with Gasteiger partial charge in [-0.25, -0.2) is 4.39 Å². The molecule has 0 aromatic heterocycles. The van der Waals surface area contributed by atoms with Gasteiger partial charge in [-0.05, 0) is 87.8 Å². The SMILES string of the molecule is CC(SC(C)c1ccc(F)cc1)C(=O)NC12CC3CC(CC(C3)C1)C2. The summed E-state index contributed by atoms with van der Waals surface area (Å²) in [4.78, 5) is 12.9. The van der Waals surface area contributed by atoms with Gasteiger partial charge in [-0.2, -0.15) is 0 Å². The van der Waals surface area contributed by atoms with Gasteiger partial charge in [-0.15, -0.1) is 11.8 Å². The number of benzene rings is 1. The summed E-state index contributed by atoms with van der Waals surface area (Å²) in [7, 11) is 0. The Labute approximate surface area is 154 Å². The Hall–Kier alpha value is -1.03. The van der Waals surface area contributed by atoms with Crippen LogP contribution in [0.1, 0.15) is 63.2 Å². The van der Waals surface area contributed by atoms with Gasteiger partial charge in [0.15, 0.2) is 0 Å². The second-order valence-corrected chi connectivity index (χ2v) is 10.3. The lowest BCUT2D eigenvalue weighted by Crippen LogP contribution is -2.60. The maximum Gasteiger partial charge on any atom is 0.233 e. The Morgan fingerprint density at radius 3 is 2.12 bits per heavy atom. The van der Waals surface area contributed by atoms with Gasteiger partial charge in [-0.3, -0.25) is 4.79 Å². The van der Waals surface area contributed by atoms with Crippen LogP contribution >= 0.6 is 11.8 Å². The van der Waals surface area contributed by atoms with Crippen LogP contribution in [-0.2, 0) is 4.79 Å². The first-order chi connectivity index (χ1) is 11.9. The summed E-state index contributed by atoms with van der Waals surface area (Å²) in [6.07, 6.45) is 7.74. The zero-order valence-corrected chi connectivity index (χ0v) is 15.9. The molecule has 1 aromatic carbocycles. The van der Waals surface area contributed by atoms with Crippen LogP contribution in [0.4, 0.5) is 4.39 Å². The lowest BCUT2D eigenvalue weighted by atomic mass is 9.53. The lowest BCUT2D eigenvalue weighted by Gasteiger charge is -2.57. The third-order valence-corrected chi connectivity index (χ3v) is 7.85. The van der Waals surface area contributed by atoms with Crippen LogP contribution in [0.15, 0.2) is 24.3 Å². The maximum atomic E-state index is 13.1. The van der Waals surface area contributed by atoms with E-state index in [1.165, 1.54) is 50.7 Å². The Bertz CT molecular complexity index is 609. The highest BCUT2D eigenvalue weighted by atomic mass is 32.2. The van der Waals surface area contributed by atoms with E-state index in [4.69, 9.17) is 0 Å². The second kappa shape index (κ2) is 6.61. The smallest absolute Gasteiger partial charge is 0.233 e. The van der Waals surface area contributed by atoms with Crippen molar-refractivity contribution in [2.75, 3.05) is 0 Å². The minimum atomic E-state index is -0.214. The molecule has 1 N–H and O–H groups in total. The summed E-state index contributed by atoms with van der Waals surface area (Å²) in [5.41, 5.74) is 1.15. The average Bonchev–Trinajstić information content (AvgIpc) is 2.53. The Kier molecular flexibility index (Phi) is 4.59. The van der Waals surface area contributed by atoms with E-state index in [0.717, 1.165) is 23.3 Å². The van der Waals surface area contributed by atoms with Gasteiger partial charge in [0.25, 0.3) is 0 Å². The van der Waals surface area contributed by atoms with Gasteiger partial charge in [0.05, 0.1) is 5.25 Å². The van der Waals surface area contributed by atoms with Crippen LogP contribution in [0.3, 0.4) is 0 Å². The third-order valence-electron chi connectivity index (χ3n) is 6.54. The number of nitrogens with one attached hydrogen (secondary N) is 1. The van der Waals surface area contributed by atoms with Crippen molar-refractivity contribution >= 4 is 17.7 Å². The van der Waals surface area contributed by atoms with Crippen molar-refractivity contribution in [3.05, 3.63) is 35.6 Å². The van der Waals surface area contributed by atoms with Crippen LogP contribution in [-0.4, -0.2) is 16.7 Å². The van der Waals surface area contributed by atoms with Gasteiger partial charge >= 0.3 is 0 Å². The molecule has 25 heavy (non-hydrogen) atoms. The molecule has 136 valence electrons. The molecule has 5 rings (SSSR count). The van der Waals surface area contributed by atoms with Crippen LogP contribution < -0.4 is 5.32 Å². The maximum absolute atomic E-state index is 13.1. The Balaban J connectivity index is 1.37. The molecule has 4 saturated carbocycles. The fourth-order valence-corrected chi connectivity index (χ4v) is 6.92. The van der Waals surface area contributed by atoms with E-state index in [9.17, 15) is 9.18 Å². The number of hydrogen-bond acceptors (Lipinski definition) is 2. The summed E-state index contributed by atoms with van der Waals surface area (Å²) >= 11 is 1.66. The summed E-state index contributed by atoms with van der Waals surface area (Å²) in [6, 6.07) is 6.62. The van der Waals surface area contributed by atoms with Gasteiger partial charge in [-0.1, -0.05) is 12.1 Å². The first-order valence-corrected chi connectivity index (χ1v) is 10.6. The zero-order chi connectivity index (χ0) is 17.6. The van der Waals surface area contributed by atoms with E-state index < -0.39 is 0 Å². The monoisotopic (exact) mass is 361 g/mol. The van der Waals surface area contributed by atoms with Crippen molar-refractivity contribution in [1.82, 2.24) is 5.32 Å². The van der Waals surface area contributed by atoms with E-state index in [1.54, 1.807) is 11.8 Å². The predicted molar refractivity (Wildman–Crippen MR) is 101 cm³/mol. The highest BCUT2D eigenvalue weighted by Crippen LogP contribution is 2.55. The minimum absolute atomic E-state index is 0.0831. The van der Waals surface area contributed by atoms with Crippen LogP contribution in [0, 0.1) is 23.6 Å². The topological polar surface area (TPSA) is 29.1 Å². The van der Waals surface area contributed by atoms with E-state index in [-0.39, 0.29) is 27.8 Å². The molecule has 2 atom stereocenters. The molecule has 2 nitrogen and oxygen atoms in total.